The highest BCUT2D eigenvalue weighted by Crippen LogP contribution is 2.36. The summed E-state index contributed by atoms with van der Waals surface area (Å²) in [4.78, 5) is 4.38. The van der Waals surface area contributed by atoms with Crippen LogP contribution in [0.25, 0.3) is 10.9 Å². The van der Waals surface area contributed by atoms with E-state index in [0.717, 1.165) is 11.4 Å². The second-order valence-corrected chi connectivity index (χ2v) is 6.12. The van der Waals surface area contributed by atoms with Gasteiger partial charge in [0.05, 0.1) is 5.52 Å². The molecule has 1 aliphatic rings. The number of aromatic nitrogens is 1. The molecule has 1 aliphatic carbocycles. The Labute approximate surface area is 120 Å². The number of nitrogens with two attached hydrogens (primary N) is 1. The molecule has 1 fully saturated rings. The normalized spacial score (nSPS) is 24.7. The summed E-state index contributed by atoms with van der Waals surface area (Å²) in [5.74, 6) is 7.36. The minimum atomic E-state index is 0.257. The van der Waals surface area contributed by atoms with Crippen LogP contribution >= 0.6 is 0 Å². The van der Waals surface area contributed by atoms with Crippen molar-refractivity contribution in [1.82, 2.24) is 10.4 Å². The van der Waals surface area contributed by atoms with Crippen LogP contribution in [0.4, 0.5) is 0 Å². The summed E-state index contributed by atoms with van der Waals surface area (Å²) in [5, 5.41) is 1.19. The molecule has 0 spiro atoms. The van der Waals surface area contributed by atoms with E-state index < -0.39 is 0 Å². The zero-order valence-electron chi connectivity index (χ0n) is 12.0. The van der Waals surface area contributed by atoms with E-state index in [9.17, 15) is 0 Å². The van der Waals surface area contributed by atoms with Crippen LogP contribution in [0.3, 0.4) is 0 Å². The Hall–Kier alpha value is -1.45. The molecule has 0 aliphatic heterocycles. The number of hydrazine groups is 1. The summed E-state index contributed by atoms with van der Waals surface area (Å²) >= 11 is 0. The van der Waals surface area contributed by atoms with Gasteiger partial charge in [-0.25, -0.2) is 0 Å². The molecular weight excluding hydrogens is 246 g/mol. The zero-order chi connectivity index (χ0) is 13.9. The quantitative estimate of drug-likeness (QED) is 0.661. The van der Waals surface area contributed by atoms with E-state index in [1.807, 2.05) is 12.3 Å². The van der Waals surface area contributed by atoms with E-state index in [4.69, 9.17) is 5.84 Å². The average molecular weight is 269 g/mol. The number of benzene rings is 1. The van der Waals surface area contributed by atoms with Crippen molar-refractivity contribution < 1.29 is 0 Å². The first kappa shape index (κ1) is 13.5. The lowest BCUT2D eigenvalue weighted by molar-refractivity contribution is 0.232. The standard InChI is InChI=1S/C17H23N3/c1-12-4-6-13(7-5-12)17(20-18)15-8-9-16-14(11-15)3-2-10-19-16/h2-3,8-13,17,20H,4-7,18H2,1H3. The molecule has 1 saturated carbocycles. The van der Waals surface area contributed by atoms with Crippen molar-refractivity contribution in [2.24, 2.45) is 17.7 Å². The Morgan fingerprint density at radius 1 is 1.20 bits per heavy atom. The number of hydrogen-bond donors (Lipinski definition) is 2. The van der Waals surface area contributed by atoms with Crippen LogP contribution in [-0.2, 0) is 0 Å². The maximum atomic E-state index is 5.85. The second kappa shape index (κ2) is 5.90. The molecule has 106 valence electrons. The SMILES string of the molecule is CC1CCC(C(NN)c2ccc3ncccc3c2)CC1. The first-order valence-electron chi connectivity index (χ1n) is 7.58. The van der Waals surface area contributed by atoms with Crippen molar-refractivity contribution in [1.29, 1.82) is 0 Å². The summed E-state index contributed by atoms with van der Waals surface area (Å²) < 4.78 is 0. The number of nitrogens with one attached hydrogen (secondary N) is 1. The molecule has 20 heavy (non-hydrogen) atoms. The molecule has 2 aromatic rings. The summed E-state index contributed by atoms with van der Waals surface area (Å²) in [6.45, 7) is 2.35. The summed E-state index contributed by atoms with van der Waals surface area (Å²) in [5.41, 5.74) is 5.38. The van der Waals surface area contributed by atoms with Crippen molar-refractivity contribution in [2.75, 3.05) is 0 Å². The van der Waals surface area contributed by atoms with Gasteiger partial charge in [-0.1, -0.05) is 31.9 Å². The summed E-state index contributed by atoms with van der Waals surface area (Å²) in [6, 6.07) is 10.8. The third-order valence-electron chi connectivity index (χ3n) is 4.70. The largest absolute Gasteiger partial charge is 0.271 e. The molecule has 0 saturated heterocycles. The third kappa shape index (κ3) is 2.69. The molecular formula is C17H23N3. The summed E-state index contributed by atoms with van der Waals surface area (Å²) in [7, 11) is 0. The van der Waals surface area contributed by atoms with Crippen LogP contribution in [0, 0.1) is 11.8 Å². The van der Waals surface area contributed by atoms with Gasteiger partial charge in [0.15, 0.2) is 0 Å². The molecule has 3 N–H and O–H groups in total. The molecule has 1 heterocycles. The van der Waals surface area contributed by atoms with Gasteiger partial charge in [-0.15, -0.1) is 0 Å². The second-order valence-electron chi connectivity index (χ2n) is 6.12. The lowest BCUT2D eigenvalue weighted by atomic mass is 9.77. The maximum absolute atomic E-state index is 5.85. The monoisotopic (exact) mass is 269 g/mol. The van der Waals surface area contributed by atoms with E-state index in [-0.39, 0.29) is 6.04 Å². The maximum Gasteiger partial charge on any atom is 0.0702 e. The molecule has 3 rings (SSSR count). The number of nitrogens with zero attached hydrogens (tertiary/aromatic N) is 1. The molecule has 1 aromatic heterocycles. The van der Waals surface area contributed by atoms with Crippen molar-refractivity contribution in [2.45, 2.75) is 38.6 Å². The fraction of sp³-hybridized carbons (Fsp3) is 0.471. The number of rotatable bonds is 3. The van der Waals surface area contributed by atoms with Gasteiger partial charge >= 0.3 is 0 Å². The highest BCUT2D eigenvalue weighted by Gasteiger charge is 2.26. The minimum absolute atomic E-state index is 0.257. The molecule has 1 unspecified atom stereocenters. The van der Waals surface area contributed by atoms with Gasteiger partial charge in [-0.2, -0.15) is 0 Å². The predicted molar refractivity (Wildman–Crippen MR) is 82.9 cm³/mol. The van der Waals surface area contributed by atoms with E-state index in [1.54, 1.807) is 0 Å². The van der Waals surface area contributed by atoms with Gasteiger partial charge in [0.25, 0.3) is 0 Å². The molecule has 0 amide bonds. The highest BCUT2D eigenvalue weighted by atomic mass is 15.2. The first-order chi connectivity index (χ1) is 9.78. The van der Waals surface area contributed by atoms with Crippen LogP contribution in [0.1, 0.15) is 44.2 Å². The molecule has 0 radical (unpaired) electrons. The van der Waals surface area contributed by atoms with Crippen LogP contribution in [-0.4, -0.2) is 4.98 Å². The number of pyridine rings is 1. The Bertz CT molecular complexity index is 573. The Balaban J connectivity index is 1.87. The van der Waals surface area contributed by atoms with Gasteiger partial charge in [-0.3, -0.25) is 16.3 Å². The topological polar surface area (TPSA) is 50.9 Å². The van der Waals surface area contributed by atoms with E-state index in [1.165, 1.54) is 36.6 Å². The Morgan fingerprint density at radius 2 is 2.00 bits per heavy atom. The van der Waals surface area contributed by atoms with Crippen molar-refractivity contribution in [3.63, 3.8) is 0 Å². The lowest BCUT2D eigenvalue weighted by Gasteiger charge is -2.32. The van der Waals surface area contributed by atoms with E-state index in [2.05, 4.69) is 41.6 Å². The molecule has 1 atom stereocenters. The predicted octanol–water partition coefficient (Wildman–Crippen LogP) is 3.57. The number of hydrogen-bond acceptors (Lipinski definition) is 3. The third-order valence-corrected chi connectivity index (χ3v) is 4.70. The molecule has 3 nitrogen and oxygen atoms in total. The van der Waals surface area contributed by atoms with Gasteiger partial charge in [-0.05, 0) is 48.4 Å². The van der Waals surface area contributed by atoms with Crippen molar-refractivity contribution in [3.05, 3.63) is 42.1 Å². The van der Waals surface area contributed by atoms with Crippen LogP contribution in [0.15, 0.2) is 36.5 Å². The van der Waals surface area contributed by atoms with E-state index >= 15 is 0 Å². The smallest absolute Gasteiger partial charge is 0.0702 e. The van der Waals surface area contributed by atoms with Crippen molar-refractivity contribution >= 4 is 10.9 Å². The Morgan fingerprint density at radius 3 is 2.75 bits per heavy atom. The van der Waals surface area contributed by atoms with E-state index in [0.29, 0.717) is 5.92 Å². The van der Waals surface area contributed by atoms with Crippen molar-refractivity contribution in [3.8, 4) is 0 Å². The molecule has 1 aromatic carbocycles. The molecule has 0 bridgehead atoms. The first-order valence-corrected chi connectivity index (χ1v) is 7.58. The molecule has 3 heteroatoms. The Kier molecular flexibility index (Phi) is 3.99. The van der Waals surface area contributed by atoms with Crippen LogP contribution in [0.2, 0.25) is 0 Å². The fourth-order valence-corrected chi connectivity index (χ4v) is 3.41. The van der Waals surface area contributed by atoms with Gasteiger partial charge in [0.1, 0.15) is 0 Å². The highest BCUT2D eigenvalue weighted by molar-refractivity contribution is 5.79. The zero-order valence-corrected chi connectivity index (χ0v) is 12.0. The van der Waals surface area contributed by atoms with Crippen LogP contribution < -0.4 is 11.3 Å². The van der Waals surface area contributed by atoms with Gasteiger partial charge in [0.2, 0.25) is 0 Å². The lowest BCUT2D eigenvalue weighted by Crippen LogP contribution is -2.35. The fourth-order valence-electron chi connectivity index (χ4n) is 3.41. The van der Waals surface area contributed by atoms with Gasteiger partial charge in [0, 0.05) is 17.6 Å². The minimum Gasteiger partial charge on any atom is -0.271 e. The average Bonchev–Trinajstić information content (AvgIpc) is 2.50. The number of fused-ring (bicyclic) bond motifs is 1. The van der Waals surface area contributed by atoms with Crippen LogP contribution in [0.5, 0.6) is 0 Å². The van der Waals surface area contributed by atoms with Gasteiger partial charge < -0.3 is 0 Å². The summed E-state index contributed by atoms with van der Waals surface area (Å²) in [6.07, 6.45) is 7.00.